The Hall–Kier alpha value is -3.09. The van der Waals surface area contributed by atoms with Crippen molar-refractivity contribution in [2.45, 2.75) is 44.7 Å². The summed E-state index contributed by atoms with van der Waals surface area (Å²) in [5.41, 5.74) is 1.65. The van der Waals surface area contributed by atoms with Crippen LogP contribution >= 0.6 is 0 Å². The molecule has 1 atom stereocenters. The van der Waals surface area contributed by atoms with Crippen molar-refractivity contribution in [3.63, 3.8) is 0 Å². The molecule has 0 bridgehead atoms. The lowest BCUT2D eigenvalue weighted by atomic mass is 10.1. The van der Waals surface area contributed by atoms with Crippen LogP contribution in [0.4, 0.5) is 5.69 Å². The van der Waals surface area contributed by atoms with E-state index in [0.717, 1.165) is 31.4 Å². The van der Waals surface area contributed by atoms with E-state index < -0.39 is 6.04 Å². The van der Waals surface area contributed by atoms with E-state index in [9.17, 15) is 14.4 Å². The van der Waals surface area contributed by atoms with Crippen LogP contribution in [0.3, 0.4) is 0 Å². The molecule has 152 valence electrons. The van der Waals surface area contributed by atoms with Gasteiger partial charge in [-0.05, 0) is 55.5 Å². The molecule has 1 N–H and O–H groups in total. The molecule has 0 saturated carbocycles. The number of furan rings is 1. The first kappa shape index (κ1) is 19.2. The molecule has 7 nitrogen and oxygen atoms in total. The summed E-state index contributed by atoms with van der Waals surface area (Å²) >= 11 is 0. The maximum atomic E-state index is 12.9. The molecule has 1 unspecified atom stereocenters. The quantitative estimate of drug-likeness (QED) is 0.844. The fourth-order valence-electron chi connectivity index (χ4n) is 4.05. The molecule has 3 amide bonds. The summed E-state index contributed by atoms with van der Waals surface area (Å²) < 4.78 is 5.20. The third-order valence-corrected chi connectivity index (χ3v) is 5.54. The molecule has 2 saturated heterocycles. The van der Waals surface area contributed by atoms with Crippen molar-refractivity contribution < 1.29 is 18.8 Å². The molecule has 2 fully saturated rings. The fraction of sp³-hybridized carbons (Fsp3) is 0.409. The van der Waals surface area contributed by atoms with Gasteiger partial charge in [0.15, 0.2) is 5.76 Å². The van der Waals surface area contributed by atoms with Gasteiger partial charge in [0.1, 0.15) is 6.04 Å². The van der Waals surface area contributed by atoms with E-state index in [-0.39, 0.29) is 23.5 Å². The van der Waals surface area contributed by atoms with E-state index in [1.807, 2.05) is 29.2 Å². The number of likely N-dealkylation sites (tertiary alicyclic amines) is 2. The Balaban J connectivity index is 1.41. The van der Waals surface area contributed by atoms with Gasteiger partial charge >= 0.3 is 0 Å². The lowest BCUT2D eigenvalue weighted by molar-refractivity contribution is -0.133. The zero-order chi connectivity index (χ0) is 20.2. The highest BCUT2D eigenvalue weighted by Gasteiger charge is 2.35. The Bertz CT molecular complexity index is 893. The normalized spacial score (nSPS) is 19.4. The van der Waals surface area contributed by atoms with Crippen molar-refractivity contribution >= 4 is 23.4 Å². The van der Waals surface area contributed by atoms with Gasteiger partial charge in [-0.1, -0.05) is 12.1 Å². The topological polar surface area (TPSA) is 82.9 Å². The highest BCUT2D eigenvalue weighted by molar-refractivity contribution is 6.00. The van der Waals surface area contributed by atoms with Gasteiger partial charge in [0.25, 0.3) is 5.91 Å². The predicted molar refractivity (Wildman–Crippen MR) is 107 cm³/mol. The van der Waals surface area contributed by atoms with Gasteiger partial charge in [-0.2, -0.15) is 0 Å². The highest BCUT2D eigenvalue weighted by atomic mass is 16.3. The van der Waals surface area contributed by atoms with Gasteiger partial charge in [0, 0.05) is 31.7 Å². The number of hydrogen-bond acceptors (Lipinski definition) is 4. The number of carbonyl (C=O) groups excluding carboxylic acids is 3. The summed E-state index contributed by atoms with van der Waals surface area (Å²) in [5, 5.41) is 2.94. The minimum Gasteiger partial charge on any atom is -0.459 e. The first-order valence-electron chi connectivity index (χ1n) is 10.1. The third-order valence-electron chi connectivity index (χ3n) is 5.54. The molecule has 0 radical (unpaired) electrons. The maximum Gasteiger partial charge on any atom is 0.290 e. The molecule has 0 spiro atoms. The average molecular weight is 395 g/mol. The van der Waals surface area contributed by atoms with Crippen LogP contribution in [0.1, 0.15) is 48.2 Å². The van der Waals surface area contributed by atoms with Crippen LogP contribution in [0.2, 0.25) is 0 Å². The molecule has 1 aromatic carbocycles. The summed E-state index contributed by atoms with van der Waals surface area (Å²) in [5.74, 6) is -0.0276. The molecule has 0 aliphatic carbocycles. The second-order valence-electron chi connectivity index (χ2n) is 7.60. The summed E-state index contributed by atoms with van der Waals surface area (Å²) in [6.45, 7) is 1.87. The molecule has 2 aliphatic heterocycles. The van der Waals surface area contributed by atoms with E-state index in [2.05, 4.69) is 5.32 Å². The van der Waals surface area contributed by atoms with Crippen LogP contribution < -0.4 is 5.32 Å². The largest absolute Gasteiger partial charge is 0.459 e. The first-order chi connectivity index (χ1) is 14.1. The van der Waals surface area contributed by atoms with E-state index in [4.69, 9.17) is 4.42 Å². The number of rotatable bonds is 5. The van der Waals surface area contributed by atoms with Crippen LogP contribution in [0.25, 0.3) is 0 Å². The van der Waals surface area contributed by atoms with Crippen LogP contribution in [0.15, 0.2) is 47.1 Å². The van der Waals surface area contributed by atoms with Crippen LogP contribution in [0.5, 0.6) is 0 Å². The average Bonchev–Trinajstić information content (AvgIpc) is 3.42. The fourth-order valence-corrected chi connectivity index (χ4v) is 4.05. The van der Waals surface area contributed by atoms with Crippen molar-refractivity contribution in [3.05, 3.63) is 54.0 Å². The minimum atomic E-state index is -0.514. The van der Waals surface area contributed by atoms with Crippen LogP contribution in [-0.4, -0.2) is 46.7 Å². The Morgan fingerprint density at radius 3 is 2.79 bits per heavy atom. The summed E-state index contributed by atoms with van der Waals surface area (Å²) in [7, 11) is 0. The Labute approximate surface area is 169 Å². The van der Waals surface area contributed by atoms with Crippen molar-refractivity contribution in [1.82, 2.24) is 9.80 Å². The SMILES string of the molecule is O=C(Nc1cccc(CN2CCCCC2=O)c1)C1CCCN1C(=O)c1ccco1. The molecule has 2 aliphatic rings. The predicted octanol–water partition coefficient (Wildman–Crippen LogP) is 3.04. The number of carbonyl (C=O) groups is 3. The molecule has 2 aromatic rings. The number of nitrogens with one attached hydrogen (secondary N) is 1. The Kier molecular flexibility index (Phi) is 5.64. The van der Waals surface area contributed by atoms with Crippen molar-refractivity contribution in [1.29, 1.82) is 0 Å². The standard InChI is InChI=1S/C22H25N3O4/c26-20-10-1-2-11-24(20)15-16-6-3-7-17(14-16)23-21(27)18-8-4-12-25(18)22(28)19-9-5-13-29-19/h3,5-7,9,13-14,18H,1-2,4,8,10-12,15H2,(H,23,27). The van der Waals surface area contributed by atoms with Crippen molar-refractivity contribution in [3.8, 4) is 0 Å². The van der Waals surface area contributed by atoms with Gasteiger partial charge < -0.3 is 19.5 Å². The zero-order valence-corrected chi connectivity index (χ0v) is 16.3. The summed E-state index contributed by atoms with van der Waals surface area (Å²) in [6, 6.07) is 10.3. The van der Waals surface area contributed by atoms with Gasteiger partial charge in [-0.15, -0.1) is 0 Å². The molecule has 1 aromatic heterocycles. The van der Waals surface area contributed by atoms with Crippen molar-refractivity contribution in [2.75, 3.05) is 18.4 Å². The molecular formula is C22H25N3O4. The molecule has 4 rings (SSSR count). The van der Waals surface area contributed by atoms with E-state index in [0.29, 0.717) is 31.6 Å². The smallest absolute Gasteiger partial charge is 0.290 e. The summed E-state index contributed by atoms with van der Waals surface area (Å²) in [4.78, 5) is 40.9. The van der Waals surface area contributed by atoms with Gasteiger partial charge in [-0.25, -0.2) is 0 Å². The number of benzene rings is 1. The number of nitrogens with zero attached hydrogens (tertiary/aromatic N) is 2. The molecule has 29 heavy (non-hydrogen) atoms. The lowest BCUT2D eigenvalue weighted by Gasteiger charge is -2.27. The molecular weight excluding hydrogens is 370 g/mol. The second kappa shape index (κ2) is 8.51. The molecule has 3 heterocycles. The van der Waals surface area contributed by atoms with Crippen molar-refractivity contribution in [2.24, 2.45) is 0 Å². The van der Waals surface area contributed by atoms with E-state index >= 15 is 0 Å². The minimum absolute atomic E-state index is 0.184. The number of anilines is 1. The zero-order valence-electron chi connectivity index (χ0n) is 16.3. The van der Waals surface area contributed by atoms with Crippen LogP contribution in [0, 0.1) is 0 Å². The Morgan fingerprint density at radius 1 is 1.10 bits per heavy atom. The monoisotopic (exact) mass is 395 g/mol. The summed E-state index contributed by atoms with van der Waals surface area (Å²) in [6.07, 6.45) is 5.46. The third kappa shape index (κ3) is 4.34. The van der Waals surface area contributed by atoms with Gasteiger partial charge in [0.05, 0.1) is 6.26 Å². The number of hydrogen-bond donors (Lipinski definition) is 1. The van der Waals surface area contributed by atoms with E-state index in [1.54, 1.807) is 17.0 Å². The Morgan fingerprint density at radius 2 is 2.00 bits per heavy atom. The van der Waals surface area contributed by atoms with E-state index in [1.165, 1.54) is 6.26 Å². The number of piperidine rings is 1. The lowest BCUT2D eigenvalue weighted by Crippen LogP contribution is -2.43. The first-order valence-corrected chi connectivity index (χ1v) is 10.1. The molecule has 7 heteroatoms. The maximum absolute atomic E-state index is 12.9. The van der Waals surface area contributed by atoms with Gasteiger partial charge in [-0.3, -0.25) is 14.4 Å². The van der Waals surface area contributed by atoms with Crippen LogP contribution in [-0.2, 0) is 16.1 Å². The highest BCUT2D eigenvalue weighted by Crippen LogP contribution is 2.23. The number of amides is 3. The second-order valence-corrected chi connectivity index (χ2v) is 7.60. The van der Waals surface area contributed by atoms with Gasteiger partial charge in [0.2, 0.25) is 11.8 Å².